The minimum absolute atomic E-state index is 0.0231. The van der Waals surface area contributed by atoms with Gasteiger partial charge in [-0.05, 0) is 51.7 Å². The summed E-state index contributed by atoms with van der Waals surface area (Å²) in [5.41, 5.74) is 0.254. The van der Waals surface area contributed by atoms with E-state index in [1.165, 1.54) is 11.0 Å². The Bertz CT molecular complexity index is 1000. The number of hydrogen-bond donors (Lipinski definition) is 1. The topological polar surface area (TPSA) is 58.6 Å². The Balaban J connectivity index is 1.55. The zero-order valence-corrected chi connectivity index (χ0v) is 17.9. The van der Waals surface area contributed by atoms with Gasteiger partial charge >= 0.3 is 6.09 Å². The van der Waals surface area contributed by atoms with Gasteiger partial charge in [-0.1, -0.05) is 41.9 Å². The van der Waals surface area contributed by atoms with Crippen LogP contribution in [0.1, 0.15) is 33.6 Å². The monoisotopic (exact) mass is 430 g/mol. The first-order valence-electron chi connectivity index (χ1n) is 10.0. The Labute approximate surface area is 180 Å². The number of benzene rings is 2. The molecule has 2 aromatic rings. The molecule has 0 radical (unpaired) electrons. The molecule has 2 aliphatic rings. The number of carbonyl (C=O) groups is 2. The lowest BCUT2D eigenvalue weighted by Gasteiger charge is -2.30. The molecule has 1 aliphatic carbocycles. The van der Waals surface area contributed by atoms with E-state index in [1.54, 1.807) is 57.2 Å². The van der Waals surface area contributed by atoms with E-state index in [1.807, 2.05) is 0 Å². The van der Waals surface area contributed by atoms with Gasteiger partial charge < -0.3 is 10.1 Å². The largest absolute Gasteiger partial charge is 0.444 e. The van der Waals surface area contributed by atoms with Crippen LogP contribution in [0.4, 0.5) is 14.9 Å². The molecule has 2 fully saturated rings. The first kappa shape index (κ1) is 20.7. The maximum absolute atomic E-state index is 15.2. The van der Waals surface area contributed by atoms with Gasteiger partial charge in [0.25, 0.3) is 0 Å². The smallest absolute Gasteiger partial charge is 0.411 e. The SMILES string of the molecule is CC(C)(C)OC(=O)N1[C@@H]2CC2C[C@H]1C(=O)Nc1cccc(-c2ccccc2Cl)c1F. The summed E-state index contributed by atoms with van der Waals surface area (Å²) < 4.78 is 20.7. The summed E-state index contributed by atoms with van der Waals surface area (Å²) in [4.78, 5) is 27.1. The van der Waals surface area contributed by atoms with Crippen LogP contribution in [0.5, 0.6) is 0 Å². The van der Waals surface area contributed by atoms with Crippen LogP contribution in [-0.4, -0.2) is 34.6 Å². The number of nitrogens with zero attached hydrogens (tertiary/aromatic N) is 1. The first-order chi connectivity index (χ1) is 14.2. The van der Waals surface area contributed by atoms with E-state index in [0.717, 1.165) is 6.42 Å². The fourth-order valence-corrected chi connectivity index (χ4v) is 4.24. The number of carbonyl (C=O) groups excluding carboxylic acids is 2. The number of rotatable bonds is 3. The number of likely N-dealkylation sites (tertiary alicyclic amines) is 1. The van der Waals surface area contributed by atoms with Gasteiger partial charge in [-0.25, -0.2) is 9.18 Å². The quantitative estimate of drug-likeness (QED) is 0.701. The molecule has 1 saturated carbocycles. The average molecular weight is 431 g/mol. The summed E-state index contributed by atoms with van der Waals surface area (Å²) >= 11 is 6.21. The molecule has 0 aromatic heterocycles. The predicted octanol–water partition coefficient (Wildman–Crippen LogP) is 5.48. The number of anilines is 1. The van der Waals surface area contributed by atoms with E-state index in [-0.39, 0.29) is 11.7 Å². The minimum Gasteiger partial charge on any atom is -0.444 e. The molecule has 158 valence electrons. The van der Waals surface area contributed by atoms with E-state index >= 15 is 4.39 Å². The van der Waals surface area contributed by atoms with Gasteiger partial charge in [0.05, 0.1) is 5.69 Å². The highest BCUT2D eigenvalue weighted by molar-refractivity contribution is 6.33. The molecule has 1 aliphatic heterocycles. The van der Waals surface area contributed by atoms with Gasteiger partial charge in [-0.3, -0.25) is 9.69 Å². The summed E-state index contributed by atoms with van der Waals surface area (Å²) in [5, 5.41) is 3.09. The van der Waals surface area contributed by atoms with Crippen molar-refractivity contribution in [2.75, 3.05) is 5.32 Å². The Morgan fingerprint density at radius 3 is 2.50 bits per heavy atom. The second-order valence-electron chi connectivity index (χ2n) is 8.84. The van der Waals surface area contributed by atoms with Crippen LogP contribution >= 0.6 is 11.6 Å². The van der Waals surface area contributed by atoms with Gasteiger partial charge in [0.2, 0.25) is 5.91 Å². The van der Waals surface area contributed by atoms with Crippen molar-refractivity contribution in [1.82, 2.24) is 4.90 Å². The predicted molar refractivity (Wildman–Crippen MR) is 114 cm³/mol. The Hall–Kier alpha value is -2.60. The highest BCUT2D eigenvalue weighted by Gasteiger charge is 2.57. The number of piperidine rings is 1. The van der Waals surface area contributed by atoms with Gasteiger partial charge in [0.1, 0.15) is 11.6 Å². The third-order valence-electron chi connectivity index (χ3n) is 5.43. The second kappa shape index (κ2) is 7.58. The maximum atomic E-state index is 15.2. The third kappa shape index (κ3) is 4.01. The van der Waals surface area contributed by atoms with Crippen molar-refractivity contribution in [2.24, 2.45) is 5.92 Å². The number of hydrogen-bond acceptors (Lipinski definition) is 3. The lowest BCUT2D eigenvalue weighted by Crippen LogP contribution is -2.47. The zero-order valence-electron chi connectivity index (χ0n) is 17.1. The van der Waals surface area contributed by atoms with Gasteiger partial charge in [-0.15, -0.1) is 0 Å². The molecule has 0 spiro atoms. The molecule has 3 atom stereocenters. The van der Waals surface area contributed by atoms with Crippen molar-refractivity contribution in [3.05, 3.63) is 53.3 Å². The molecule has 5 nitrogen and oxygen atoms in total. The van der Waals surface area contributed by atoms with Crippen LogP contribution in [0.25, 0.3) is 11.1 Å². The lowest BCUT2D eigenvalue weighted by atomic mass is 10.0. The molecular formula is C23H24ClFN2O3. The van der Waals surface area contributed by atoms with Crippen LogP contribution in [0.15, 0.2) is 42.5 Å². The van der Waals surface area contributed by atoms with Crippen molar-refractivity contribution in [1.29, 1.82) is 0 Å². The number of amides is 2. The van der Waals surface area contributed by atoms with E-state index in [4.69, 9.17) is 16.3 Å². The zero-order chi connectivity index (χ0) is 21.6. The Morgan fingerprint density at radius 1 is 1.10 bits per heavy atom. The first-order valence-corrected chi connectivity index (χ1v) is 10.4. The Morgan fingerprint density at radius 2 is 1.80 bits per heavy atom. The number of nitrogens with one attached hydrogen (secondary N) is 1. The van der Waals surface area contributed by atoms with Crippen LogP contribution in [0.2, 0.25) is 5.02 Å². The number of fused-ring (bicyclic) bond motifs is 1. The summed E-state index contributed by atoms with van der Waals surface area (Å²) in [5.74, 6) is -0.679. The van der Waals surface area contributed by atoms with Crippen molar-refractivity contribution < 1.29 is 18.7 Å². The highest BCUT2D eigenvalue weighted by Crippen LogP contribution is 2.48. The lowest BCUT2D eigenvalue weighted by molar-refractivity contribution is -0.121. The van der Waals surface area contributed by atoms with E-state index in [9.17, 15) is 9.59 Å². The second-order valence-corrected chi connectivity index (χ2v) is 9.25. The fourth-order valence-electron chi connectivity index (χ4n) is 4.00. The fraction of sp³-hybridized carbons (Fsp3) is 0.391. The molecule has 7 heteroatoms. The molecule has 1 N–H and O–H groups in total. The van der Waals surface area contributed by atoms with E-state index in [0.29, 0.717) is 28.5 Å². The molecule has 1 heterocycles. The third-order valence-corrected chi connectivity index (χ3v) is 5.76. The van der Waals surface area contributed by atoms with Crippen molar-refractivity contribution >= 4 is 29.3 Å². The normalized spacial score (nSPS) is 22.4. The van der Waals surface area contributed by atoms with Gasteiger partial charge in [-0.2, -0.15) is 0 Å². The summed E-state index contributed by atoms with van der Waals surface area (Å²) in [6.07, 6.45) is 0.930. The van der Waals surface area contributed by atoms with Gasteiger partial charge in [0.15, 0.2) is 5.82 Å². The maximum Gasteiger partial charge on any atom is 0.411 e. The minimum atomic E-state index is -0.674. The molecule has 2 aromatic carbocycles. The van der Waals surface area contributed by atoms with E-state index < -0.39 is 29.5 Å². The summed E-state index contributed by atoms with van der Waals surface area (Å²) in [6.45, 7) is 5.36. The average Bonchev–Trinajstić information content (AvgIpc) is 3.32. The highest BCUT2D eigenvalue weighted by atomic mass is 35.5. The molecule has 1 saturated heterocycles. The van der Waals surface area contributed by atoms with Crippen LogP contribution in [-0.2, 0) is 9.53 Å². The molecule has 1 unspecified atom stereocenters. The van der Waals surface area contributed by atoms with Crippen molar-refractivity contribution in [3.63, 3.8) is 0 Å². The van der Waals surface area contributed by atoms with Crippen molar-refractivity contribution in [3.8, 4) is 11.1 Å². The number of halogens is 2. The molecule has 4 rings (SSSR count). The van der Waals surface area contributed by atoms with Crippen LogP contribution in [0, 0.1) is 11.7 Å². The van der Waals surface area contributed by atoms with Gasteiger partial charge in [0, 0.05) is 22.2 Å². The molecule has 30 heavy (non-hydrogen) atoms. The molecule has 0 bridgehead atoms. The standard InChI is InChI=1S/C23H24ClFN2O3/c1-23(2,3)30-22(29)27-18-11-13(18)12-19(27)21(28)26-17-10-6-8-15(20(17)25)14-7-4-5-9-16(14)24/h4-10,13,18-19H,11-12H2,1-3H3,(H,26,28)/t13?,18-,19+/m1/s1. The van der Waals surface area contributed by atoms with Crippen LogP contribution in [0.3, 0.4) is 0 Å². The molecule has 2 amide bonds. The molecular weight excluding hydrogens is 407 g/mol. The van der Waals surface area contributed by atoms with Crippen molar-refractivity contribution in [2.45, 2.75) is 51.3 Å². The summed E-state index contributed by atoms with van der Waals surface area (Å²) in [7, 11) is 0. The van der Waals surface area contributed by atoms with Crippen LogP contribution < -0.4 is 5.32 Å². The number of ether oxygens (including phenoxy) is 1. The van der Waals surface area contributed by atoms with E-state index in [2.05, 4.69) is 5.32 Å². The summed E-state index contributed by atoms with van der Waals surface area (Å²) in [6, 6.07) is 11.1. The Kier molecular flexibility index (Phi) is 5.22.